The normalized spacial score (nSPS) is 17.0. The van der Waals surface area contributed by atoms with Gasteiger partial charge in [0, 0.05) is 31.5 Å². The van der Waals surface area contributed by atoms with Gasteiger partial charge in [-0.1, -0.05) is 25.4 Å². The Hall–Kier alpha value is -1.30. The molecular formula is C15H21ClN2O3. The number of carbonyl (C=O) groups excluding carboxylic acids is 1. The van der Waals surface area contributed by atoms with Crippen molar-refractivity contribution in [3.63, 3.8) is 0 Å². The highest BCUT2D eigenvalue weighted by Crippen LogP contribution is 2.39. The van der Waals surface area contributed by atoms with Crippen LogP contribution >= 0.6 is 11.6 Å². The SMILES string of the molecule is COCCN(CC(C)C)c1cc2c(cc1Cl)C(O)C(=O)N2. The summed E-state index contributed by atoms with van der Waals surface area (Å²) in [5.74, 6) is 0.0527. The van der Waals surface area contributed by atoms with E-state index in [1.807, 2.05) is 6.07 Å². The second-order valence-electron chi connectivity index (χ2n) is 5.62. The Morgan fingerprint density at radius 3 is 2.81 bits per heavy atom. The lowest BCUT2D eigenvalue weighted by Gasteiger charge is -2.28. The zero-order valence-corrected chi connectivity index (χ0v) is 13.3. The summed E-state index contributed by atoms with van der Waals surface area (Å²) in [5, 5.41) is 13.0. The quantitative estimate of drug-likeness (QED) is 0.847. The summed E-state index contributed by atoms with van der Waals surface area (Å²) in [6, 6.07) is 3.48. The van der Waals surface area contributed by atoms with Crippen LogP contribution in [-0.4, -0.2) is 37.8 Å². The summed E-state index contributed by atoms with van der Waals surface area (Å²) >= 11 is 6.35. The monoisotopic (exact) mass is 312 g/mol. The van der Waals surface area contributed by atoms with Crippen LogP contribution in [0.1, 0.15) is 25.5 Å². The Kier molecular flexibility index (Phi) is 5.08. The van der Waals surface area contributed by atoms with Gasteiger partial charge in [-0.15, -0.1) is 0 Å². The van der Waals surface area contributed by atoms with E-state index in [-0.39, 0.29) is 0 Å². The number of benzene rings is 1. The van der Waals surface area contributed by atoms with Gasteiger partial charge < -0.3 is 20.1 Å². The first-order valence-corrected chi connectivity index (χ1v) is 7.38. The van der Waals surface area contributed by atoms with E-state index in [0.29, 0.717) is 35.3 Å². The topological polar surface area (TPSA) is 61.8 Å². The van der Waals surface area contributed by atoms with Gasteiger partial charge in [0.25, 0.3) is 5.91 Å². The van der Waals surface area contributed by atoms with Gasteiger partial charge in [-0.25, -0.2) is 0 Å². The van der Waals surface area contributed by atoms with Crippen LogP contribution in [-0.2, 0) is 9.53 Å². The van der Waals surface area contributed by atoms with Crippen molar-refractivity contribution >= 4 is 28.9 Å². The number of hydrogen-bond acceptors (Lipinski definition) is 4. The Bertz CT molecular complexity index is 534. The molecule has 6 heteroatoms. The largest absolute Gasteiger partial charge is 0.383 e. The van der Waals surface area contributed by atoms with Gasteiger partial charge >= 0.3 is 0 Å². The van der Waals surface area contributed by atoms with Crippen molar-refractivity contribution < 1.29 is 14.6 Å². The first kappa shape index (κ1) is 16.1. The lowest BCUT2D eigenvalue weighted by molar-refractivity contribution is -0.123. The molecule has 1 aromatic carbocycles. The van der Waals surface area contributed by atoms with Gasteiger partial charge in [-0.3, -0.25) is 4.79 Å². The van der Waals surface area contributed by atoms with Crippen molar-refractivity contribution in [2.45, 2.75) is 20.0 Å². The number of aliphatic hydroxyl groups excluding tert-OH is 1. The minimum Gasteiger partial charge on any atom is -0.383 e. The number of nitrogens with zero attached hydrogens (tertiary/aromatic N) is 1. The summed E-state index contributed by atoms with van der Waals surface area (Å²) in [7, 11) is 1.66. The molecule has 2 rings (SSSR count). The van der Waals surface area contributed by atoms with E-state index in [9.17, 15) is 9.90 Å². The van der Waals surface area contributed by atoms with Gasteiger partial charge in [-0.2, -0.15) is 0 Å². The number of nitrogens with one attached hydrogen (secondary N) is 1. The lowest BCUT2D eigenvalue weighted by atomic mass is 10.1. The van der Waals surface area contributed by atoms with Crippen LogP contribution < -0.4 is 10.2 Å². The Labute approximate surface area is 129 Å². The summed E-state index contributed by atoms with van der Waals surface area (Å²) in [6.07, 6.45) is -1.14. The van der Waals surface area contributed by atoms with Crippen LogP contribution in [0.15, 0.2) is 12.1 Å². The highest BCUT2D eigenvalue weighted by Gasteiger charge is 2.30. The van der Waals surface area contributed by atoms with Crippen molar-refractivity contribution in [2.24, 2.45) is 5.92 Å². The minimum atomic E-state index is -1.14. The van der Waals surface area contributed by atoms with Crippen LogP contribution in [0.4, 0.5) is 11.4 Å². The number of amides is 1. The third kappa shape index (κ3) is 3.48. The highest BCUT2D eigenvalue weighted by molar-refractivity contribution is 6.33. The van der Waals surface area contributed by atoms with Gasteiger partial charge in [0.1, 0.15) is 0 Å². The third-order valence-corrected chi connectivity index (χ3v) is 3.71. The molecule has 116 valence electrons. The molecule has 0 fully saturated rings. The highest BCUT2D eigenvalue weighted by atomic mass is 35.5. The maximum Gasteiger partial charge on any atom is 0.257 e. The van der Waals surface area contributed by atoms with E-state index < -0.39 is 12.0 Å². The maximum atomic E-state index is 11.5. The van der Waals surface area contributed by atoms with Crippen LogP contribution in [0.5, 0.6) is 0 Å². The van der Waals surface area contributed by atoms with Crippen molar-refractivity contribution in [3.05, 3.63) is 22.7 Å². The van der Waals surface area contributed by atoms with Gasteiger partial charge in [0.05, 0.1) is 17.3 Å². The molecule has 0 aromatic heterocycles. The van der Waals surface area contributed by atoms with Crippen LogP contribution in [0, 0.1) is 5.92 Å². The van der Waals surface area contributed by atoms with Crippen molar-refractivity contribution in [2.75, 3.05) is 37.0 Å². The molecule has 1 aromatic rings. The molecule has 1 amide bonds. The molecule has 1 aliphatic rings. The predicted octanol–water partition coefficient (Wildman–Crippen LogP) is 2.43. The zero-order chi connectivity index (χ0) is 15.6. The molecule has 2 N–H and O–H groups in total. The minimum absolute atomic E-state index is 0.412. The third-order valence-electron chi connectivity index (χ3n) is 3.41. The molecular weight excluding hydrogens is 292 g/mol. The fraction of sp³-hybridized carbons (Fsp3) is 0.533. The Morgan fingerprint density at radius 1 is 1.48 bits per heavy atom. The van der Waals surface area contributed by atoms with Crippen molar-refractivity contribution in [1.82, 2.24) is 0 Å². The van der Waals surface area contributed by atoms with E-state index in [4.69, 9.17) is 16.3 Å². The fourth-order valence-corrected chi connectivity index (χ4v) is 2.74. The average Bonchev–Trinajstić information content (AvgIpc) is 2.69. The van der Waals surface area contributed by atoms with Crippen LogP contribution in [0.2, 0.25) is 5.02 Å². The molecule has 1 unspecified atom stereocenters. The molecule has 1 atom stereocenters. The van der Waals surface area contributed by atoms with Crippen molar-refractivity contribution in [3.8, 4) is 0 Å². The summed E-state index contributed by atoms with van der Waals surface area (Å²) < 4.78 is 5.15. The molecule has 0 saturated carbocycles. The number of carbonyl (C=O) groups is 1. The number of halogens is 1. The maximum absolute atomic E-state index is 11.5. The Balaban J connectivity index is 2.33. The fourth-order valence-electron chi connectivity index (χ4n) is 2.45. The van der Waals surface area contributed by atoms with Crippen LogP contribution in [0.25, 0.3) is 0 Å². The number of rotatable bonds is 6. The van der Waals surface area contributed by atoms with E-state index in [1.54, 1.807) is 13.2 Å². The number of fused-ring (bicyclic) bond motifs is 1. The molecule has 21 heavy (non-hydrogen) atoms. The molecule has 0 saturated heterocycles. The van der Waals surface area contributed by atoms with Crippen molar-refractivity contribution in [1.29, 1.82) is 0 Å². The molecule has 0 radical (unpaired) electrons. The second kappa shape index (κ2) is 6.64. The van der Waals surface area contributed by atoms with E-state index in [0.717, 1.165) is 12.2 Å². The molecule has 0 bridgehead atoms. The number of aliphatic hydroxyl groups is 1. The second-order valence-corrected chi connectivity index (χ2v) is 6.02. The molecule has 1 heterocycles. The van der Waals surface area contributed by atoms with Crippen LogP contribution in [0.3, 0.4) is 0 Å². The number of anilines is 2. The molecule has 0 spiro atoms. The van der Waals surface area contributed by atoms with E-state index >= 15 is 0 Å². The predicted molar refractivity (Wildman–Crippen MR) is 84.0 cm³/mol. The number of hydrogen-bond donors (Lipinski definition) is 2. The Morgan fingerprint density at radius 2 is 2.19 bits per heavy atom. The first-order valence-electron chi connectivity index (χ1n) is 7.00. The molecule has 5 nitrogen and oxygen atoms in total. The van der Waals surface area contributed by atoms with E-state index in [2.05, 4.69) is 24.1 Å². The summed E-state index contributed by atoms with van der Waals surface area (Å²) in [4.78, 5) is 13.7. The lowest BCUT2D eigenvalue weighted by Crippen LogP contribution is -2.31. The standard InChI is InChI=1S/C15H21ClN2O3/c1-9(2)8-18(4-5-21-3)13-7-12-10(6-11(13)16)14(19)15(20)17-12/h6-7,9,14,19H,4-5,8H2,1-3H3,(H,17,20). The molecule has 0 aliphatic carbocycles. The number of ether oxygens (including phenoxy) is 1. The smallest absolute Gasteiger partial charge is 0.257 e. The zero-order valence-electron chi connectivity index (χ0n) is 12.5. The van der Waals surface area contributed by atoms with Gasteiger partial charge in [-0.05, 0) is 18.1 Å². The van der Waals surface area contributed by atoms with E-state index in [1.165, 1.54) is 0 Å². The van der Waals surface area contributed by atoms with Gasteiger partial charge in [0.15, 0.2) is 6.10 Å². The molecule has 1 aliphatic heterocycles. The average molecular weight is 313 g/mol. The number of methoxy groups -OCH3 is 1. The summed E-state index contributed by atoms with van der Waals surface area (Å²) in [6.45, 7) is 6.40. The summed E-state index contributed by atoms with van der Waals surface area (Å²) in [5.41, 5.74) is 2.00. The first-order chi connectivity index (χ1) is 9.93. The van der Waals surface area contributed by atoms with Gasteiger partial charge in [0.2, 0.25) is 0 Å².